The summed E-state index contributed by atoms with van der Waals surface area (Å²) >= 11 is 0. The van der Waals surface area contributed by atoms with Crippen molar-refractivity contribution in [1.29, 1.82) is 0 Å². The van der Waals surface area contributed by atoms with Gasteiger partial charge in [0.15, 0.2) is 5.65 Å². The van der Waals surface area contributed by atoms with Gasteiger partial charge in [-0.15, -0.1) is 0 Å². The highest BCUT2D eigenvalue weighted by Crippen LogP contribution is 2.32. The van der Waals surface area contributed by atoms with Gasteiger partial charge >= 0.3 is 0 Å². The summed E-state index contributed by atoms with van der Waals surface area (Å²) in [6, 6.07) is 0. The fourth-order valence-corrected chi connectivity index (χ4v) is 2.40. The van der Waals surface area contributed by atoms with E-state index in [4.69, 9.17) is 0 Å². The lowest BCUT2D eigenvalue weighted by atomic mass is 10.1. The summed E-state index contributed by atoms with van der Waals surface area (Å²) in [5.41, 5.74) is 0.736. The molecule has 0 saturated carbocycles. The predicted molar refractivity (Wildman–Crippen MR) is 67.4 cm³/mol. The molecule has 0 radical (unpaired) electrons. The Hall–Kier alpha value is -1.79. The molecule has 2 aromatic rings. The quantitative estimate of drug-likeness (QED) is 0.792. The maximum atomic E-state index is 13.2. The van der Waals surface area contributed by atoms with E-state index in [1.807, 2.05) is 11.9 Å². The number of hydrogen-bond acceptors (Lipinski definition) is 4. The summed E-state index contributed by atoms with van der Waals surface area (Å²) in [5.74, 6) is -1.21. The van der Waals surface area contributed by atoms with Crippen molar-refractivity contribution in [3.63, 3.8) is 0 Å². The zero-order chi connectivity index (χ0) is 13.6. The van der Waals surface area contributed by atoms with E-state index in [-0.39, 0.29) is 12.8 Å². The van der Waals surface area contributed by atoms with Gasteiger partial charge in [-0.2, -0.15) is 5.10 Å². The second-order valence-corrected chi connectivity index (χ2v) is 4.94. The Morgan fingerprint density at radius 2 is 1.89 bits per heavy atom. The molecular formula is C12H15F2N5. The molecule has 0 unspecified atom stereocenters. The normalized spacial score (nSPS) is 19.1. The minimum absolute atomic E-state index is 0.127. The van der Waals surface area contributed by atoms with Crippen LogP contribution in [-0.4, -0.2) is 38.8 Å². The molecule has 1 aliphatic rings. The van der Waals surface area contributed by atoms with Gasteiger partial charge in [-0.05, 0) is 6.92 Å². The Balaban J connectivity index is 2.01. The Kier molecular flexibility index (Phi) is 2.65. The SMILES string of the molecule is Cc1nc(N2CCC(F)(F)CC2)c2cnn(C)c2n1. The fraction of sp³-hybridized carbons (Fsp3) is 0.583. The summed E-state index contributed by atoms with van der Waals surface area (Å²) < 4.78 is 28.1. The average molecular weight is 267 g/mol. The van der Waals surface area contributed by atoms with Crippen LogP contribution in [0.2, 0.25) is 0 Å². The summed E-state index contributed by atoms with van der Waals surface area (Å²) in [4.78, 5) is 10.6. The molecule has 0 aromatic carbocycles. The fourth-order valence-electron chi connectivity index (χ4n) is 2.40. The van der Waals surface area contributed by atoms with Gasteiger partial charge in [0.25, 0.3) is 5.92 Å². The van der Waals surface area contributed by atoms with Crippen molar-refractivity contribution in [2.45, 2.75) is 25.7 Å². The van der Waals surface area contributed by atoms with Crippen molar-refractivity contribution in [2.24, 2.45) is 7.05 Å². The molecule has 0 atom stereocenters. The summed E-state index contributed by atoms with van der Waals surface area (Å²) in [7, 11) is 1.81. The van der Waals surface area contributed by atoms with Gasteiger partial charge in [0.05, 0.1) is 11.6 Å². The molecule has 3 rings (SSSR count). The first-order chi connectivity index (χ1) is 8.96. The van der Waals surface area contributed by atoms with Crippen LogP contribution in [0.4, 0.5) is 14.6 Å². The molecule has 1 fully saturated rings. The van der Waals surface area contributed by atoms with Gasteiger partial charge in [0.1, 0.15) is 11.6 Å². The maximum absolute atomic E-state index is 13.2. The van der Waals surface area contributed by atoms with Crippen LogP contribution in [0.1, 0.15) is 18.7 Å². The number of nitrogens with zero attached hydrogens (tertiary/aromatic N) is 5. The van der Waals surface area contributed by atoms with Crippen LogP contribution >= 0.6 is 0 Å². The van der Waals surface area contributed by atoms with Gasteiger partial charge < -0.3 is 4.90 Å². The largest absolute Gasteiger partial charge is 0.355 e. The van der Waals surface area contributed by atoms with E-state index in [0.717, 1.165) is 11.0 Å². The number of aryl methyl sites for hydroxylation is 2. The minimum atomic E-state index is -2.55. The number of anilines is 1. The van der Waals surface area contributed by atoms with Crippen LogP contribution in [0.25, 0.3) is 11.0 Å². The van der Waals surface area contributed by atoms with Gasteiger partial charge in [0, 0.05) is 33.0 Å². The molecule has 0 aliphatic carbocycles. The number of halogens is 2. The molecular weight excluding hydrogens is 252 g/mol. The molecule has 7 heteroatoms. The van der Waals surface area contributed by atoms with E-state index < -0.39 is 5.92 Å². The Bertz CT molecular complexity index is 612. The first-order valence-electron chi connectivity index (χ1n) is 6.25. The van der Waals surface area contributed by atoms with Crippen LogP contribution in [0, 0.1) is 6.92 Å². The van der Waals surface area contributed by atoms with Gasteiger partial charge in [-0.3, -0.25) is 4.68 Å². The lowest BCUT2D eigenvalue weighted by molar-refractivity contribution is -0.0221. The molecule has 0 bridgehead atoms. The van der Waals surface area contributed by atoms with Crippen LogP contribution < -0.4 is 4.90 Å². The van der Waals surface area contributed by atoms with Gasteiger partial charge in [-0.25, -0.2) is 18.7 Å². The van der Waals surface area contributed by atoms with E-state index >= 15 is 0 Å². The Morgan fingerprint density at radius 1 is 1.21 bits per heavy atom. The van der Waals surface area contributed by atoms with E-state index in [0.29, 0.717) is 24.7 Å². The molecule has 2 aromatic heterocycles. The van der Waals surface area contributed by atoms with E-state index in [1.54, 1.807) is 17.8 Å². The van der Waals surface area contributed by atoms with Crippen molar-refractivity contribution in [3.05, 3.63) is 12.0 Å². The summed E-state index contributed by atoms with van der Waals surface area (Å²) in [5, 5.41) is 4.98. The molecule has 5 nitrogen and oxygen atoms in total. The first kappa shape index (κ1) is 12.3. The van der Waals surface area contributed by atoms with Crippen molar-refractivity contribution in [3.8, 4) is 0 Å². The minimum Gasteiger partial charge on any atom is -0.355 e. The number of fused-ring (bicyclic) bond motifs is 1. The third-order valence-corrected chi connectivity index (χ3v) is 3.48. The van der Waals surface area contributed by atoms with Crippen molar-refractivity contribution < 1.29 is 8.78 Å². The molecule has 1 saturated heterocycles. The summed E-state index contributed by atoms with van der Waals surface area (Å²) in [6.07, 6.45) is 1.44. The molecule has 19 heavy (non-hydrogen) atoms. The van der Waals surface area contributed by atoms with Crippen LogP contribution in [0.15, 0.2) is 6.20 Å². The second kappa shape index (κ2) is 4.11. The van der Waals surface area contributed by atoms with Gasteiger partial charge in [-0.1, -0.05) is 0 Å². The smallest absolute Gasteiger partial charge is 0.251 e. The zero-order valence-electron chi connectivity index (χ0n) is 10.9. The van der Waals surface area contributed by atoms with E-state index in [2.05, 4.69) is 15.1 Å². The maximum Gasteiger partial charge on any atom is 0.251 e. The highest BCUT2D eigenvalue weighted by molar-refractivity contribution is 5.87. The second-order valence-electron chi connectivity index (χ2n) is 4.94. The molecule has 1 aliphatic heterocycles. The monoisotopic (exact) mass is 267 g/mol. The number of aromatic nitrogens is 4. The third kappa shape index (κ3) is 2.13. The molecule has 0 spiro atoms. The zero-order valence-corrected chi connectivity index (χ0v) is 10.9. The number of rotatable bonds is 1. The molecule has 3 heterocycles. The molecule has 102 valence electrons. The third-order valence-electron chi connectivity index (χ3n) is 3.48. The standard InChI is InChI=1S/C12H15F2N5/c1-8-16-10-9(7-15-18(10)2)11(17-8)19-5-3-12(13,14)4-6-19/h7H,3-6H2,1-2H3. The molecule has 0 amide bonds. The van der Waals surface area contributed by atoms with Crippen LogP contribution in [0.3, 0.4) is 0 Å². The highest BCUT2D eigenvalue weighted by atomic mass is 19.3. The van der Waals surface area contributed by atoms with Crippen molar-refractivity contribution >= 4 is 16.9 Å². The van der Waals surface area contributed by atoms with Crippen LogP contribution in [-0.2, 0) is 7.05 Å². The average Bonchev–Trinajstić information content (AvgIpc) is 2.71. The topological polar surface area (TPSA) is 46.8 Å². The molecule has 0 N–H and O–H groups in total. The van der Waals surface area contributed by atoms with E-state index in [1.165, 1.54) is 0 Å². The Labute approximate surface area is 109 Å². The first-order valence-corrected chi connectivity index (χ1v) is 6.25. The Morgan fingerprint density at radius 3 is 2.58 bits per heavy atom. The predicted octanol–water partition coefficient (Wildman–Crippen LogP) is 1.91. The number of hydrogen-bond donors (Lipinski definition) is 0. The highest BCUT2D eigenvalue weighted by Gasteiger charge is 2.35. The lowest BCUT2D eigenvalue weighted by Gasteiger charge is -2.32. The lowest BCUT2D eigenvalue weighted by Crippen LogP contribution is -2.40. The number of piperidine rings is 1. The summed E-state index contributed by atoms with van der Waals surface area (Å²) in [6.45, 7) is 2.43. The van der Waals surface area contributed by atoms with E-state index in [9.17, 15) is 8.78 Å². The number of alkyl halides is 2. The van der Waals surface area contributed by atoms with Crippen molar-refractivity contribution in [2.75, 3.05) is 18.0 Å². The van der Waals surface area contributed by atoms with Crippen molar-refractivity contribution in [1.82, 2.24) is 19.7 Å². The van der Waals surface area contributed by atoms with Gasteiger partial charge in [0.2, 0.25) is 0 Å². The van der Waals surface area contributed by atoms with Crippen LogP contribution in [0.5, 0.6) is 0 Å².